The number of hydrogen-bond acceptors (Lipinski definition) is 3. The van der Waals surface area contributed by atoms with Crippen molar-refractivity contribution in [2.75, 3.05) is 7.05 Å². The molecule has 0 amide bonds. The van der Waals surface area contributed by atoms with Crippen LogP contribution >= 0.6 is 27.3 Å². The Morgan fingerprint density at radius 2 is 1.96 bits per heavy atom. The lowest BCUT2D eigenvalue weighted by Gasteiger charge is -2.03. The van der Waals surface area contributed by atoms with Crippen LogP contribution in [0.15, 0.2) is 68.5 Å². The Hall–Kier alpha value is -2.05. The van der Waals surface area contributed by atoms with Gasteiger partial charge in [-0.25, -0.2) is 9.07 Å². The maximum absolute atomic E-state index is 13.1. The van der Waals surface area contributed by atoms with Crippen molar-refractivity contribution >= 4 is 33.5 Å². The molecule has 0 radical (unpaired) electrons. The fourth-order valence-electron chi connectivity index (χ4n) is 2.09. The van der Waals surface area contributed by atoms with Crippen molar-refractivity contribution < 1.29 is 4.39 Å². The highest BCUT2D eigenvalue weighted by Gasteiger charge is 2.07. The van der Waals surface area contributed by atoms with Crippen molar-refractivity contribution in [3.8, 4) is 11.3 Å². The van der Waals surface area contributed by atoms with Gasteiger partial charge in [-0.3, -0.25) is 4.99 Å². The smallest absolute Gasteiger partial charge is 0.205 e. The van der Waals surface area contributed by atoms with Crippen LogP contribution < -0.4 is 4.80 Å². The summed E-state index contributed by atoms with van der Waals surface area (Å²) in [5.41, 5.74) is 2.75. The SMILES string of the molecule is CN=c1scc(-c2ccc(F)cc2)n1N=Cc1cccc(Br)c1. The van der Waals surface area contributed by atoms with Gasteiger partial charge >= 0.3 is 0 Å². The second-order valence-electron chi connectivity index (χ2n) is 4.75. The molecule has 2 aromatic carbocycles. The van der Waals surface area contributed by atoms with E-state index in [2.05, 4.69) is 26.0 Å². The first kappa shape index (κ1) is 15.8. The van der Waals surface area contributed by atoms with Crippen molar-refractivity contribution in [3.05, 3.63) is 74.6 Å². The molecule has 0 aliphatic carbocycles. The first-order valence-electron chi connectivity index (χ1n) is 6.86. The molecule has 23 heavy (non-hydrogen) atoms. The van der Waals surface area contributed by atoms with E-state index >= 15 is 0 Å². The molecule has 0 unspecified atom stereocenters. The molecule has 116 valence electrons. The van der Waals surface area contributed by atoms with Crippen LogP contribution in [0.25, 0.3) is 11.3 Å². The molecule has 3 nitrogen and oxygen atoms in total. The Morgan fingerprint density at radius 3 is 2.65 bits per heavy atom. The fourth-order valence-corrected chi connectivity index (χ4v) is 3.31. The van der Waals surface area contributed by atoms with Crippen LogP contribution in [0.4, 0.5) is 4.39 Å². The molecular weight excluding hydrogens is 377 g/mol. The Morgan fingerprint density at radius 1 is 1.17 bits per heavy atom. The lowest BCUT2D eigenvalue weighted by molar-refractivity contribution is 0.628. The molecule has 3 rings (SSSR count). The van der Waals surface area contributed by atoms with Gasteiger partial charge in [0.05, 0.1) is 11.9 Å². The molecule has 0 bridgehead atoms. The Labute approximate surface area is 145 Å². The summed E-state index contributed by atoms with van der Waals surface area (Å²) in [6, 6.07) is 14.2. The molecular formula is C17H13BrFN3S. The largest absolute Gasteiger partial charge is 0.261 e. The van der Waals surface area contributed by atoms with Crippen LogP contribution in [0.5, 0.6) is 0 Å². The van der Waals surface area contributed by atoms with Crippen molar-refractivity contribution in [2.45, 2.75) is 0 Å². The van der Waals surface area contributed by atoms with Crippen LogP contribution in [0.3, 0.4) is 0 Å². The highest BCUT2D eigenvalue weighted by molar-refractivity contribution is 9.10. The zero-order chi connectivity index (χ0) is 16.2. The fraction of sp³-hybridized carbons (Fsp3) is 0.0588. The van der Waals surface area contributed by atoms with Gasteiger partial charge < -0.3 is 0 Å². The zero-order valence-electron chi connectivity index (χ0n) is 12.3. The lowest BCUT2D eigenvalue weighted by Crippen LogP contribution is -2.11. The van der Waals surface area contributed by atoms with Crippen LogP contribution in [0.1, 0.15) is 5.56 Å². The molecule has 3 aromatic rings. The van der Waals surface area contributed by atoms with E-state index in [0.717, 1.165) is 26.1 Å². The van der Waals surface area contributed by atoms with Crippen molar-refractivity contribution in [1.82, 2.24) is 4.68 Å². The van der Waals surface area contributed by atoms with Crippen molar-refractivity contribution in [2.24, 2.45) is 10.1 Å². The molecule has 1 aromatic heterocycles. The van der Waals surface area contributed by atoms with Crippen LogP contribution in [0.2, 0.25) is 0 Å². The monoisotopic (exact) mass is 389 g/mol. The topological polar surface area (TPSA) is 29.6 Å². The van der Waals surface area contributed by atoms with Gasteiger partial charge in [0.1, 0.15) is 5.82 Å². The summed E-state index contributed by atoms with van der Waals surface area (Å²) in [6.07, 6.45) is 1.78. The summed E-state index contributed by atoms with van der Waals surface area (Å²) in [5.74, 6) is -0.256. The van der Waals surface area contributed by atoms with Gasteiger partial charge in [0, 0.05) is 22.5 Å². The third kappa shape index (κ3) is 3.65. The number of halogens is 2. The number of aromatic nitrogens is 1. The Bertz CT molecular complexity index is 910. The van der Waals surface area contributed by atoms with E-state index in [9.17, 15) is 4.39 Å². The second kappa shape index (κ2) is 7.02. The Balaban J connectivity index is 2.04. The van der Waals surface area contributed by atoms with Crippen LogP contribution in [-0.2, 0) is 0 Å². The predicted molar refractivity (Wildman–Crippen MR) is 96.3 cm³/mol. The van der Waals surface area contributed by atoms with Gasteiger partial charge in [0.2, 0.25) is 4.80 Å². The van der Waals surface area contributed by atoms with Gasteiger partial charge in [-0.05, 0) is 42.0 Å². The van der Waals surface area contributed by atoms with E-state index in [-0.39, 0.29) is 5.82 Å². The third-order valence-corrected chi connectivity index (χ3v) is 4.59. The van der Waals surface area contributed by atoms with Crippen molar-refractivity contribution in [3.63, 3.8) is 0 Å². The molecule has 0 spiro atoms. The third-order valence-electron chi connectivity index (χ3n) is 3.19. The number of thiazole rings is 1. The van der Waals surface area contributed by atoms with Gasteiger partial charge in [0.25, 0.3) is 0 Å². The second-order valence-corrected chi connectivity index (χ2v) is 6.50. The quantitative estimate of drug-likeness (QED) is 0.589. The summed E-state index contributed by atoms with van der Waals surface area (Å²) in [6.45, 7) is 0. The summed E-state index contributed by atoms with van der Waals surface area (Å²) in [5, 5.41) is 6.51. The minimum absolute atomic E-state index is 0.256. The van der Waals surface area contributed by atoms with Crippen LogP contribution in [-0.4, -0.2) is 17.9 Å². The van der Waals surface area contributed by atoms with E-state index < -0.39 is 0 Å². The number of rotatable bonds is 3. The maximum Gasteiger partial charge on any atom is 0.205 e. The minimum Gasteiger partial charge on any atom is -0.261 e. The highest BCUT2D eigenvalue weighted by Crippen LogP contribution is 2.20. The van der Waals surface area contributed by atoms with Crippen LogP contribution in [0, 0.1) is 5.82 Å². The first-order chi connectivity index (χ1) is 11.2. The molecule has 0 N–H and O–H groups in total. The lowest BCUT2D eigenvalue weighted by atomic mass is 10.2. The van der Waals surface area contributed by atoms with Gasteiger partial charge in [-0.2, -0.15) is 5.10 Å². The van der Waals surface area contributed by atoms with Gasteiger partial charge in [0.15, 0.2) is 0 Å². The highest BCUT2D eigenvalue weighted by atomic mass is 79.9. The summed E-state index contributed by atoms with van der Waals surface area (Å²) >= 11 is 4.94. The zero-order valence-corrected chi connectivity index (χ0v) is 14.7. The van der Waals surface area contributed by atoms with E-state index in [1.54, 1.807) is 30.1 Å². The summed E-state index contributed by atoms with van der Waals surface area (Å²) in [7, 11) is 1.73. The Kier molecular flexibility index (Phi) is 4.83. The maximum atomic E-state index is 13.1. The van der Waals surface area contributed by atoms with Gasteiger partial charge in [-0.15, -0.1) is 11.3 Å². The van der Waals surface area contributed by atoms with E-state index in [4.69, 9.17) is 0 Å². The molecule has 0 atom stereocenters. The first-order valence-corrected chi connectivity index (χ1v) is 8.54. The standard InChI is InChI=1S/C17H13BrFN3S/c1-20-17-22(21-10-12-3-2-4-14(18)9-12)16(11-23-17)13-5-7-15(19)8-6-13/h2-11H,1H3. The predicted octanol–water partition coefficient (Wildman–Crippen LogP) is 4.53. The molecule has 6 heteroatoms. The normalized spacial score (nSPS) is 12.2. The number of nitrogens with zero attached hydrogens (tertiary/aromatic N) is 3. The van der Waals surface area contributed by atoms with Gasteiger partial charge in [-0.1, -0.05) is 28.1 Å². The molecule has 0 aliphatic heterocycles. The number of benzene rings is 2. The van der Waals surface area contributed by atoms with E-state index in [1.807, 2.05) is 29.6 Å². The molecule has 0 fully saturated rings. The average Bonchev–Trinajstić information content (AvgIpc) is 2.96. The van der Waals surface area contributed by atoms with E-state index in [0.29, 0.717) is 0 Å². The average molecular weight is 390 g/mol. The van der Waals surface area contributed by atoms with E-state index in [1.165, 1.54) is 23.5 Å². The summed E-state index contributed by atoms with van der Waals surface area (Å²) < 4.78 is 15.9. The number of hydrogen-bond donors (Lipinski definition) is 0. The molecule has 0 aliphatic rings. The molecule has 1 heterocycles. The molecule has 0 saturated heterocycles. The van der Waals surface area contributed by atoms with Crippen molar-refractivity contribution in [1.29, 1.82) is 0 Å². The summed E-state index contributed by atoms with van der Waals surface area (Å²) in [4.78, 5) is 5.02. The minimum atomic E-state index is -0.256. The molecule has 0 saturated carbocycles.